The van der Waals surface area contributed by atoms with Crippen LogP contribution in [0.4, 0.5) is 0 Å². The summed E-state index contributed by atoms with van der Waals surface area (Å²) in [6.07, 6.45) is 0.914. The van der Waals surface area contributed by atoms with Gasteiger partial charge in [-0.1, -0.05) is 49.4 Å². The maximum absolute atomic E-state index is 12.3. The first-order chi connectivity index (χ1) is 13.0. The molecule has 0 aliphatic rings. The number of rotatable bonds is 7. The Labute approximate surface area is 185 Å². The monoisotopic (exact) mass is 494 g/mol. The molecule has 0 aliphatic heterocycles. The quantitative estimate of drug-likeness (QED) is 0.347. The highest BCUT2D eigenvalue weighted by Gasteiger charge is 2.10. The highest BCUT2D eigenvalue weighted by atomic mass is 127. The molecule has 1 amide bonds. The lowest BCUT2D eigenvalue weighted by atomic mass is 10.1. The Hall–Kier alpha value is -2.09. The first-order valence-electron chi connectivity index (χ1n) is 9.39. The molecule has 0 aliphatic carbocycles. The number of benzene rings is 2. The third-order valence-corrected chi connectivity index (χ3v) is 4.47. The van der Waals surface area contributed by atoms with E-state index in [4.69, 9.17) is 0 Å². The van der Waals surface area contributed by atoms with Gasteiger partial charge < -0.3 is 15.5 Å². The van der Waals surface area contributed by atoms with Crippen LogP contribution in [-0.2, 0) is 13.1 Å². The summed E-state index contributed by atoms with van der Waals surface area (Å²) >= 11 is 0. The third-order valence-electron chi connectivity index (χ3n) is 4.47. The van der Waals surface area contributed by atoms with Crippen LogP contribution in [0.2, 0.25) is 0 Å². The van der Waals surface area contributed by atoms with Crippen molar-refractivity contribution in [2.45, 2.75) is 39.4 Å². The third kappa shape index (κ3) is 7.50. The van der Waals surface area contributed by atoms with Crippen molar-refractivity contribution in [1.82, 2.24) is 15.5 Å². The van der Waals surface area contributed by atoms with Crippen LogP contribution in [0.5, 0.6) is 0 Å². The lowest BCUT2D eigenvalue weighted by Gasteiger charge is -2.22. The number of nitrogens with zero attached hydrogens (tertiary/aromatic N) is 2. The second-order valence-electron chi connectivity index (χ2n) is 6.73. The Morgan fingerprint density at radius 1 is 1.11 bits per heavy atom. The molecular weight excluding hydrogens is 463 g/mol. The number of guanidine groups is 1. The van der Waals surface area contributed by atoms with E-state index in [0.29, 0.717) is 12.1 Å². The molecule has 1 unspecified atom stereocenters. The smallest absolute Gasteiger partial charge is 0.251 e. The van der Waals surface area contributed by atoms with Crippen molar-refractivity contribution < 1.29 is 4.79 Å². The van der Waals surface area contributed by atoms with E-state index in [-0.39, 0.29) is 35.9 Å². The average molecular weight is 494 g/mol. The van der Waals surface area contributed by atoms with Crippen LogP contribution >= 0.6 is 24.0 Å². The predicted molar refractivity (Wildman–Crippen MR) is 127 cm³/mol. The van der Waals surface area contributed by atoms with Gasteiger partial charge >= 0.3 is 0 Å². The largest absolute Gasteiger partial charge is 0.352 e. The molecule has 2 aromatic rings. The Morgan fingerprint density at radius 3 is 2.43 bits per heavy atom. The van der Waals surface area contributed by atoms with Gasteiger partial charge in [-0.15, -0.1) is 24.0 Å². The number of hydrogen-bond donors (Lipinski definition) is 2. The lowest BCUT2D eigenvalue weighted by Crippen LogP contribution is -2.38. The summed E-state index contributed by atoms with van der Waals surface area (Å²) in [7, 11) is 3.79. The van der Waals surface area contributed by atoms with Gasteiger partial charge in [-0.2, -0.15) is 0 Å². The average Bonchev–Trinajstić information content (AvgIpc) is 2.69. The molecule has 0 saturated carbocycles. The van der Waals surface area contributed by atoms with E-state index in [1.165, 1.54) is 5.56 Å². The molecule has 0 bridgehead atoms. The van der Waals surface area contributed by atoms with Crippen molar-refractivity contribution in [3.05, 3.63) is 71.3 Å². The SMILES string of the molecule is CCC(C)NC(=O)c1cccc(CNC(=NC)N(C)Cc2ccccc2)c1.I. The van der Waals surface area contributed by atoms with Crippen LogP contribution < -0.4 is 10.6 Å². The summed E-state index contributed by atoms with van der Waals surface area (Å²) in [5.74, 6) is 0.782. The van der Waals surface area contributed by atoms with E-state index in [2.05, 4.69) is 39.6 Å². The van der Waals surface area contributed by atoms with Gasteiger partial charge in [0.15, 0.2) is 5.96 Å². The fourth-order valence-corrected chi connectivity index (χ4v) is 2.73. The van der Waals surface area contributed by atoms with Gasteiger partial charge in [-0.05, 0) is 36.6 Å². The molecule has 0 radical (unpaired) electrons. The number of hydrogen-bond acceptors (Lipinski definition) is 2. The van der Waals surface area contributed by atoms with Gasteiger partial charge in [0.25, 0.3) is 5.91 Å². The van der Waals surface area contributed by atoms with Crippen LogP contribution in [0.3, 0.4) is 0 Å². The second kappa shape index (κ2) is 12.4. The molecule has 0 saturated heterocycles. The molecule has 2 rings (SSSR count). The van der Waals surface area contributed by atoms with Crippen LogP contribution in [-0.4, -0.2) is 36.9 Å². The molecule has 0 fully saturated rings. The lowest BCUT2D eigenvalue weighted by molar-refractivity contribution is 0.0939. The molecule has 1 atom stereocenters. The van der Waals surface area contributed by atoms with Crippen LogP contribution in [0, 0.1) is 0 Å². The summed E-state index contributed by atoms with van der Waals surface area (Å²) in [6, 6.07) is 18.2. The minimum absolute atomic E-state index is 0. The number of aliphatic imine (C=N–C) groups is 1. The zero-order valence-electron chi connectivity index (χ0n) is 17.1. The molecule has 152 valence electrons. The summed E-state index contributed by atoms with van der Waals surface area (Å²) in [6.45, 7) is 5.45. The van der Waals surface area contributed by atoms with Crippen molar-refractivity contribution in [2.24, 2.45) is 4.99 Å². The number of amides is 1. The van der Waals surface area contributed by atoms with E-state index in [1.807, 2.05) is 56.4 Å². The van der Waals surface area contributed by atoms with Crippen molar-refractivity contribution in [2.75, 3.05) is 14.1 Å². The summed E-state index contributed by atoms with van der Waals surface area (Å²) in [5.41, 5.74) is 2.95. The maximum atomic E-state index is 12.3. The minimum atomic E-state index is -0.0308. The number of nitrogens with one attached hydrogen (secondary N) is 2. The summed E-state index contributed by atoms with van der Waals surface area (Å²) in [4.78, 5) is 18.7. The summed E-state index contributed by atoms with van der Waals surface area (Å²) < 4.78 is 0. The maximum Gasteiger partial charge on any atom is 0.251 e. The fraction of sp³-hybridized carbons (Fsp3) is 0.364. The molecule has 0 heterocycles. The molecule has 28 heavy (non-hydrogen) atoms. The number of halogens is 1. The fourth-order valence-electron chi connectivity index (χ4n) is 2.73. The zero-order chi connectivity index (χ0) is 19.6. The van der Waals surface area contributed by atoms with E-state index in [0.717, 1.165) is 24.5 Å². The first kappa shape index (κ1) is 23.9. The van der Waals surface area contributed by atoms with Crippen molar-refractivity contribution >= 4 is 35.8 Å². The Kier molecular flexibility index (Phi) is 10.6. The molecule has 2 N–H and O–H groups in total. The Bertz CT molecular complexity index is 764. The van der Waals surface area contributed by atoms with E-state index >= 15 is 0 Å². The van der Waals surface area contributed by atoms with Crippen LogP contribution in [0.1, 0.15) is 41.8 Å². The molecule has 5 nitrogen and oxygen atoms in total. The van der Waals surface area contributed by atoms with Gasteiger partial charge in [0, 0.05) is 38.8 Å². The zero-order valence-corrected chi connectivity index (χ0v) is 19.4. The highest BCUT2D eigenvalue weighted by Crippen LogP contribution is 2.07. The number of carbonyl (C=O) groups is 1. The molecular formula is C22H31IN4O. The van der Waals surface area contributed by atoms with Crippen molar-refractivity contribution in [3.8, 4) is 0 Å². The molecule has 0 aromatic heterocycles. The Morgan fingerprint density at radius 2 is 1.79 bits per heavy atom. The standard InChI is InChI=1S/C22H30N4O.HI/c1-5-17(2)25-21(27)20-13-9-12-19(14-20)15-24-22(23-3)26(4)16-18-10-7-6-8-11-18;/h6-14,17H,5,15-16H2,1-4H3,(H,23,24)(H,25,27);1H. The second-order valence-corrected chi connectivity index (χ2v) is 6.73. The van der Waals surface area contributed by atoms with Gasteiger partial charge in [0.05, 0.1) is 0 Å². The van der Waals surface area contributed by atoms with Gasteiger partial charge in [0.2, 0.25) is 0 Å². The molecule has 0 spiro atoms. The van der Waals surface area contributed by atoms with Crippen LogP contribution in [0.25, 0.3) is 0 Å². The van der Waals surface area contributed by atoms with E-state index < -0.39 is 0 Å². The molecule has 6 heteroatoms. The molecule has 2 aromatic carbocycles. The predicted octanol–water partition coefficient (Wildman–Crippen LogP) is 4.04. The van der Waals surface area contributed by atoms with Crippen molar-refractivity contribution in [1.29, 1.82) is 0 Å². The van der Waals surface area contributed by atoms with Crippen LogP contribution in [0.15, 0.2) is 59.6 Å². The Balaban J connectivity index is 0.00000392. The van der Waals surface area contributed by atoms with E-state index in [9.17, 15) is 4.79 Å². The van der Waals surface area contributed by atoms with E-state index in [1.54, 1.807) is 7.05 Å². The van der Waals surface area contributed by atoms with Gasteiger partial charge in [-0.3, -0.25) is 9.79 Å². The first-order valence-corrected chi connectivity index (χ1v) is 9.39. The minimum Gasteiger partial charge on any atom is -0.352 e. The highest BCUT2D eigenvalue weighted by molar-refractivity contribution is 14.0. The summed E-state index contributed by atoms with van der Waals surface area (Å²) in [5, 5.41) is 6.37. The normalized spacial score (nSPS) is 11.9. The van der Waals surface area contributed by atoms with Gasteiger partial charge in [0.1, 0.15) is 0 Å². The topological polar surface area (TPSA) is 56.7 Å². The van der Waals surface area contributed by atoms with Crippen molar-refractivity contribution in [3.63, 3.8) is 0 Å². The number of carbonyl (C=O) groups excluding carboxylic acids is 1. The van der Waals surface area contributed by atoms with Gasteiger partial charge in [-0.25, -0.2) is 0 Å².